The fourth-order valence-electron chi connectivity index (χ4n) is 4.42. The molecule has 1 aliphatic heterocycles. The summed E-state index contributed by atoms with van der Waals surface area (Å²) in [5.74, 6) is -3.59. The summed E-state index contributed by atoms with van der Waals surface area (Å²) < 4.78 is 16.8. The molecule has 1 saturated heterocycles. The summed E-state index contributed by atoms with van der Waals surface area (Å²) in [7, 11) is 0. The van der Waals surface area contributed by atoms with Gasteiger partial charge in [0.05, 0.1) is 0 Å². The predicted octanol–water partition coefficient (Wildman–Crippen LogP) is 5.98. The Bertz CT molecular complexity index is 1350. The zero-order valence-corrected chi connectivity index (χ0v) is 20.0. The Morgan fingerprint density at radius 3 is 2.29 bits per heavy atom. The van der Waals surface area contributed by atoms with E-state index in [-0.39, 0.29) is 0 Å². The molecule has 0 saturated carbocycles. The second-order valence-corrected chi connectivity index (χ2v) is 9.41. The number of nitrogens with one attached hydrogen (secondary N) is 1. The second-order valence-electron chi connectivity index (χ2n) is 8.97. The molecule has 4 aromatic rings. The number of esters is 2. The highest BCUT2D eigenvalue weighted by Gasteiger charge is 2.48. The Hall–Kier alpha value is -3.77. The lowest BCUT2D eigenvalue weighted by atomic mass is 9.80. The van der Waals surface area contributed by atoms with Crippen molar-refractivity contribution in [2.24, 2.45) is 5.92 Å². The Labute approximate surface area is 207 Å². The molecule has 0 amide bonds. The average Bonchev–Trinajstić information content (AvgIpc) is 3.25. The van der Waals surface area contributed by atoms with Crippen LogP contribution in [0.4, 0.5) is 0 Å². The van der Waals surface area contributed by atoms with Crippen LogP contribution in [0.3, 0.4) is 0 Å². The van der Waals surface area contributed by atoms with Crippen molar-refractivity contribution in [1.82, 2.24) is 4.98 Å². The van der Waals surface area contributed by atoms with Gasteiger partial charge in [-0.15, -0.1) is 0 Å². The fourth-order valence-corrected chi connectivity index (χ4v) is 4.55. The number of hydrogen-bond donors (Lipinski definition) is 1. The van der Waals surface area contributed by atoms with E-state index >= 15 is 0 Å². The van der Waals surface area contributed by atoms with Crippen LogP contribution in [0, 0.1) is 5.92 Å². The Morgan fingerprint density at radius 2 is 1.60 bits per heavy atom. The van der Waals surface area contributed by atoms with Crippen molar-refractivity contribution in [2.45, 2.75) is 32.2 Å². The predicted molar refractivity (Wildman–Crippen MR) is 132 cm³/mol. The van der Waals surface area contributed by atoms with Crippen LogP contribution in [-0.2, 0) is 25.7 Å². The average molecular weight is 490 g/mol. The third kappa shape index (κ3) is 4.75. The molecule has 6 nitrogen and oxygen atoms in total. The number of cyclic esters (lactones) is 2. The van der Waals surface area contributed by atoms with Crippen LogP contribution in [0.2, 0.25) is 5.02 Å². The van der Waals surface area contributed by atoms with Crippen molar-refractivity contribution in [3.05, 3.63) is 101 Å². The molecule has 178 valence electrons. The van der Waals surface area contributed by atoms with Gasteiger partial charge in [0.2, 0.25) is 0 Å². The molecule has 1 fully saturated rings. The molecule has 1 aliphatic rings. The van der Waals surface area contributed by atoms with Gasteiger partial charge in [-0.3, -0.25) is 9.59 Å². The normalized spacial score (nSPS) is 16.5. The number of carbonyl (C=O) groups excluding carboxylic acids is 2. The number of aromatic nitrogens is 1. The van der Waals surface area contributed by atoms with Crippen LogP contribution in [-0.4, -0.2) is 22.7 Å². The number of fused-ring (bicyclic) bond motifs is 1. The molecule has 2 heterocycles. The maximum Gasteiger partial charge on any atom is 0.324 e. The maximum absolute atomic E-state index is 13.0. The first kappa shape index (κ1) is 23.0. The summed E-state index contributed by atoms with van der Waals surface area (Å²) >= 11 is 5.95. The number of aromatic amines is 1. The van der Waals surface area contributed by atoms with Gasteiger partial charge in [0, 0.05) is 41.9 Å². The largest absolute Gasteiger partial charge is 0.489 e. The van der Waals surface area contributed by atoms with Crippen molar-refractivity contribution in [2.75, 3.05) is 0 Å². The van der Waals surface area contributed by atoms with Crippen LogP contribution in [0.25, 0.3) is 10.9 Å². The molecule has 1 N–H and O–H groups in total. The molecule has 7 heteroatoms. The van der Waals surface area contributed by atoms with Crippen LogP contribution in [0.5, 0.6) is 5.75 Å². The molecule has 0 radical (unpaired) electrons. The van der Waals surface area contributed by atoms with Crippen LogP contribution in [0.1, 0.15) is 36.5 Å². The number of H-pyrrole nitrogens is 1. The van der Waals surface area contributed by atoms with E-state index in [0.29, 0.717) is 17.4 Å². The molecule has 0 aliphatic carbocycles. The fraction of sp³-hybridized carbons (Fsp3) is 0.214. The van der Waals surface area contributed by atoms with E-state index in [4.69, 9.17) is 25.8 Å². The standard InChI is InChI=1S/C28H24ClNO5/c1-28(2)34-26(31)25(27(32)35-28)24(22-15-30-23-6-4-3-5-21(22)23)18-9-13-20(14-10-18)33-16-17-7-11-19(29)12-8-17/h3-15,24-25,30H,16H2,1-2H3/t24-/m1/s1. The highest BCUT2D eigenvalue weighted by molar-refractivity contribution is 6.30. The van der Waals surface area contributed by atoms with Gasteiger partial charge >= 0.3 is 11.9 Å². The molecule has 1 aromatic heterocycles. The first-order valence-electron chi connectivity index (χ1n) is 11.3. The van der Waals surface area contributed by atoms with Crippen LogP contribution < -0.4 is 4.74 Å². The smallest absolute Gasteiger partial charge is 0.324 e. The number of halogens is 1. The SMILES string of the molecule is CC1(C)OC(=O)C([C@H](c2ccc(OCc3ccc(Cl)cc3)cc2)c2c[nH]c3ccccc23)C(=O)O1. The van der Waals surface area contributed by atoms with E-state index in [9.17, 15) is 9.59 Å². The molecule has 0 spiro atoms. The zero-order valence-electron chi connectivity index (χ0n) is 19.3. The highest BCUT2D eigenvalue weighted by atomic mass is 35.5. The summed E-state index contributed by atoms with van der Waals surface area (Å²) in [6.45, 7) is 3.48. The first-order chi connectivity index (χ1) is 16.8. The maximum atomic E-state index is 13.0. The van der Waals surface area contributed by atoms with E-state index in [0.717, 1.165) is 27.6 Å². The van der Waals surface area contributed by atoms with Crippen LogP contribution in [0.15, 0.2) is 79.0 Å². The van der Waals surface area contributed by atoms with Gasteiger partial charge in [-0.2, -0.15) is 0 Å². The second kappa shape index (κ2) is 9.12. The van der Waals surface area contributed by atoms with Crippen molar-refractivity contribution in [3.8, 4) is 5.75 Å². The summed E-state index contributed by atoms with van der Waals surface area (Å²) in [4.78, 5) is 29.3. The molecule has 0 bridgehead atoms. The summed E-state index contributed by atoms with van der Waals surface area (Å²) in [5, 5.41) is 1.59. The number of hydrogen-bond acceptors (Lipinski definition) is 5. The van der Waals surface area contributed by atoms with E-state index < -0.39 is 29.6 Å². The van der Waals surface area contributed by atoms with Gasteiger partial charge < -0.3 is 19.2 Å². The number of rotatable bonds is 6. The minimum absolute atomic E-state index is 0.388. The van der Waals surface area contributed by atoms with Gasteiger partial charge in [-0.1, -0.05) is 54.1 Å². The van der Waals surface area contributed by atoms with Gasteiger partial charge in [-0.25, -0.2) is 0 Å². The van der Waals surface area contributed by atoms with Gasteiger partial charge in [0.1, 0.15) is 12.4 Å². The lowest BCUT2D eigenvalue weighted by Gasteiger charge is -2.36. The Balaban J connectivity index is 1.48. The molecule has 0 unspecified atom stereocenters. The summed E-state index contributed by atoms with van der Waals surface area (Å²) in [5.41, 5.74) is 3.49. The minimum atomic E-state index is -1.30. The van der Waals surface area contributed by atoms with Crippen molar-refractivity contribution >= 4 is 34.4 Å². The number of benzene rings is 3. The lowest BCUT2D eigenvalue weighted by molar-refractivity contribution is -0.240. The third-order valence-corrected chi connectivity index (χ3v) is 6.30. The Kier molecular flexibility index (Phi) is 5.99. The molecule has 1 atom stereocenters. The van der Waals surface area contributed by atoms with Crippen molar-refractivity contribution in [3.63, 3.8) is 0 Å². The minimum Gasteiger partial charge on any atom is -0.489 e. The number of ether oxygens (including phenoxy) is 3. The van der Waals surface area contributed by atoms with E-state index in [1.54, 1.807) is 13.8 Å². The van der Waals surface area contributed by atoms with Gasteiger partial charge in [-0.05, 0) is 47.0 Å². The topological polar surface area (TPSA) is 77.6 Å². The molecule has 3 aromatic carbocycles. The van der Waals surface area contributed by atoms with Crippen molar-refractivity contribution < 1.29 is 23.8 Å². The molecular weight excluding hydrogens is 466 g/mol. The van der Waals surface area contributed by atoms with Gasteiger partial charge in [0.15, 0.2) is 5.92 Å². The molecule has 35 heavy (non-hydrogen) atoms. The van der Waals surface area contributed by atoms with Crippen molar-refractivity contribution in [1.29, 1.82) is 0 Å². The summed E-state index contributed by atoms with van der Waals surface area (Å²) in [6, 6.07) is 22.6. The number of para-hydroxylation sites is 1. The van der Waals surface area contributed by atoms with E-state index in [2.05, 4.69) is 4.98 Å². The summed E-state index contributed by atoms with van der Waals surface area (Å²) in [6.07, 6.45) is 1.83. The van der Waals surface area contributed by atoms with E-state index in [1.165, 1.54) is 0 Å². The quantitative estimate of drug-likeness (QED) is 0.266. The zero-order chi connectivity index (χ0) is 24.6. The lowest BCUT2D eigenvalue weighted by Crippen LogP contribution is -2.48. The van der Waals surface area contributed by atoms with E-state index in [1.807, 2.05) is 79.0 Å². The first-order valence-corrected chi connectivity index (χ1v) is 11.7. The monoisotopic (exact) mass is 489 g/mol. The molecular formula is C28H24ClNO5. The van der Waals surface area contributed by atoms with Crippen LogP contribution >= 0.6 is 11.6 Å². The highest BCUT2D eigenvalue weighted by Crippen LogP contribution is 2.41. The van der Waals surface area contributed by atoms with Gasteiger partial charge in [0.25, 0.3) is 5.79 Å². The third-order valence-electron chi connectivity index (χ3n) is 6.05. The molecule has 5 rings (SSSR count). The number of carbonyl (C=O) groups is 2. The Morgan fingerprint density at radius 1 is 0.943 bits per heavy atom.